The number of likely N-dealkylation sites (N-methyl/N-ethyl adjacent to an activating group) is 1. The first-order valence-electron chi connectivity index (χ1n) is 9.59. The standard InChI is InChI=1S/C21H25BrClN3O4S/c1-4-24-21(28)15(2)25(13-16-9-5-7-11-18(16)23)20(27)14-26(31(3,29)30)19-12-8-6-10-17(19)22/h5-12,15H,4,13-14H2,1-3H3,(H,24,28)/t15-/m0/s1. The van der Waals surface area contributed by atoms with Crippen LogP contribution in [0.3, 0.4) is 0 Å². The molecule has 0 saturated carbocycles. The van der Waals surface area contributed by atoms with Crippen LogP contribution in [0.5, 0.6) is 0 Å². The van der Waals surface area contributed by atoms with Crippen molar-refractivity contribution in [2.45, 2.75) is 26.4 Å². The zero-order chi connectivity index (χ0) is 23.2. The van der Waals surface area contributed by atoms with E-state index in [0.29, 0.717) is 27.3 Å². The Hall–Kier alpha value is -2.10. The highest BCUT2D eigenvalue weighted by atomic mass is 79.9. The predicted molar refractivity (Wildman–Crippen MR) is 126 cm³/mol. The van der Waals surface area contributed by atoms with Gasteiger partial charge in [0.25, 0.3) is 0 Å². The summed E-state index contributed by atoms with van der Waals surface area (Å²) in [7, 11) is -3.78. The number of para-hydroxylation sites is 1. The summed E-state index contributed by atoms with van der Waals surface area (Å²) in [6.07, 6.45) is 1.03. The summed E-state index contributed by atoms with van der Waals surface area (Å²) >= 11 is 9.60. The largest absolute Gasteiger partial charge is 0.355 e. The fourth-order valence-corrected chi connectivity index (χ4v) is 4.64. The van der Waals surface area contributed by atoms with E-state index in [2.05, 4.69) is 21.2 Å². The Bertz CT molecular complexity index is 1050. The second-order valence-corrected chi connectivity index (χ2v) is 10.1. The third kappa shape index (κ3) is 6.69. The molecular formula is C21H25BrClN3O4S. The van der Waals surface area contributed by atoms with Gasteiger partial charge in [0, 0.05) is 22.6 Å². The average molecular weight is 531 g/mol. The number of hydrogen-bond acceptors (Lipinski definition) is 4. The number of rotatable bonds is 9. The lowest BCUT2D eigenvalue weighted by atomic mass is 10.1. The molecule has 0 radical (unpaired) electrons. The highest BCUT2D eigenvalue weighted by Crippen LogP contribution is 2.28. The Morgan fingerprint density at radius 2 is 1.74 bits per heavy atom. The van der Waals surface area contributed by atoms with Crippen molar-refractivity contribution in [3.8, 4) is 0 Å². The first kappa shape index (κ1) is 25.2. The summed E-state index contributed by atoms with van der Waals surface area (Å²) in [5, 5.41) is 3.15. The third-order valence-corrected chi connectivity index (χ3v) is 6.78. The van der Waals surface area contributed by atoms with E-state index < -0.39 is 28.5 Å². The van der Waals surface area contributed by atoms with E-state index in [-0.39, 0.29) is 12.5 Å². The molecule has 0 saturated heterocycles. The van der Waals surface area contributed by atoms with Crippen LogP contribution in [0.15, 0.2) is 53.0 Å². The van der Waals surface area contributed by atoms with Gasteiger partial charge in [0.05, 0.1) is 11.9 Å². The lowest BCUT2D eigenvalue weighted by Crippen LogP contribution is -2.51. The number of nitrogens with zero attached hydrogens (tertiary/aromatic N) is 2. The molecule has 0 fully saturated rings. The van der Waals surface area contributed by atoms with Gasteiger partial charge in [-0.25, -0.2) is 8.42 Å². The Balaban J connectivity index is 2.41. The van der Waals surface area contributed by atoms with Crippen molar-refractivity contribution in [1.82, 2.24) is 10.2 Å². The lowest BCUT2D eigenvalue weighted by Gasteiger charge is -2.31. The Morgan fingerprint density at radius 3 is 2.32 bits per heavy atom. The highest BCUT2D eigenvalue weighted by molar-refractivity contribution is 9.10. The van der Waals surface area contributed by atoms with Crippen LogP contribution in [0, 0.1) is 0 Å². The molecule has 0 aliphatic heterocycles. The number of anilines is 1. The van der Waals surface area contributed by atoms with Gasteiger partial charge in [-0.1, -0.05) is 41.9 Å². The fourth-order valence-electron chi connectivity index (χ4n) is 2.96. The minimum Gasteiger partial charge on any atom is -0.355 e. The first-order chi connectivity index (χ1) is 14.6. The number of carbonyl (C=O) groups is 2. The van der Waals surface area contributed by atoms with Gasteiger partial charge in [-0.05, 0) is 53.5 Å². The molecule has 10 heteroatoms. The molecule has 0 aliphatic rings. The maximum absolute atomic E-state index is 13.3. The maximum Gasteiger partial charge on any atom is 0.244 e. The molecule has 0 aliphatic carbocycles. The van der Waals surface area contributed by atoms with E-state index in [1.54, 1.807) is 62.4 Å². The topological polar surface area (TPSA) is 86.8 Å². The van der Waals surface area contributed by atoms with Crippen LogP contribution in [-0.2, 0) is 26.2 Å². The van der Waals surface area contributed by atoms with Gasteiger partial charge < -0.3 is 10.2 Å². The van der Waals surface area contributed by atoms with Crippen LogP contribution in [0.25, 0.3) is 0 Å². The third-order valence-electron chi connectivity index (χ3n) is 4.62. The maximum atomic E-state index is 13.3. The van der Waals surface area contributed by atoms with Crippen molar-refractivity contribution < 1.29 is 18.0 Å². The monoisotopic (exact) mass is 529 g/mol. The van der Waals surface area contributed by atoms with Crippen LogP contribution < -0.4 is 9.62 Å². The molecular weight excluding hydrogens is 506 g/mol. The van der Waals surface area contributed by atoms with Crippen molar-refractivity contribution in [2.24, 2.45) is 0 Å². The van der Waals surface area contributed by atoms with Gasteiger partial charge in [0.1, 0.15) is 12.6 Å². The van der Waals surface area contributed by atoms with E-state index >= 15 is 0 Å². The molecule has 31 heavy (non-hydrogen) atoms. The van der Waals surface area contributed by atoms with E-state index in [1.165, 1.54) is 4.90 Å². The van der Waals surface area contributed by atoms with Gasteiger partial charge in [0.2, 0.25) is 21.8 Å². The van der Waals surface area contributed by atoms with Gasteiger partial charge in [-0.15, -0.1) is 0 Å². The van der Waals surface area contributed by atoms with E-state index in [4.69, 9.17) is 11.6 Å². The van der Waals surface area contributed by atoms with Gasteiger partial charge in [-0.2, -0.15) is 0 Å². The van der Waals surface area contributed by atoms with Crippen LogP contribution >= 0.6 is 27.5 Å². The number of nitrogens with one attached hydrogen (secondary N) is 1. The molecule has 0 spiro atoms. The molecule has 0 bridgehead atoms. The zero-order valence-electron chi connectivity index (χ0n) is 17.5. The molecule has 0 heterocycles. The molecule has 0 unspecified atom stereocenters. The van der Waals surface area contributed by atoms with Crippen LogP contribution in [0.4, 0.5) is 5.69 Å². The van der Waals surface area contributed by atoms with Gasteiger partial charge in [0.15, 0.2) is 0 Å². The molecule has 7 nitrogen and oxygen atoms in total. The zero-order valence-corrected chi connectivity index (χ0v) is 20.7. The summed E-state index contributed by atoms with van der Waals surface area (Å²) in [5.74, 6) is -0.866. The molecule has 1 atom stereocenters. The quantitative estimate of drug-likeness (QED) is 0.538. The summed E-state index contributed by atoms with van der Waals surface area (Å²) in [5.41, 5.74) is 0.988. The number of amides is 2. The summed E-state index contributed by atoms with van der Waals surface area (Å²) in [4.78, 5) is 27.2. The Morgan fingerprint density at radius 1 is 1.13 bits per heavy atom. The van der Waals surface area contributed by atoms with Crippen LogP contribution in [0.2, 0.25) is 5.02 Å². The molecule has 2 amide bonds. The van der Waals surface area contributed by atoms with E-state index in [0.717, 1.165) is 10.6 Å². The molecule has 0 aromatic heterocycles. The van der Waals surface area contributed by atoms with Crippen molar-refractivity contribution in [2.75, 3.05) is 23.7 Å². The van der Waals surface area contributed by atoms with Gasteiger partial charge in [-0.3, -0.25) is 13.9 Å². The predicted octanol–water partition coefficient (Wildman–Crippen LogP) is 3.42. The number of carbonyl (C=O) groups excluding carboxylic acids is 2. The molecule has 2 rings (SSSR count). The molecule has 2 aromatic carbocycles. The number of hydrogen-bond donors (Lipinski definition) is 1. The minimum absolute atomic E-state index is 0.0599. The smallest absolute Gasteiger partial charge is 0.244 e. The first-order valence-corrected chi connectivity index (χ1v) is 12.6. The number of sulfonamides is 1. The normalized spacial score (nSPS) is 12.2. The summed E-state index contributed by atoms with van der Waals surface area (Å²) in [6.45, 7) is 3.38. The second kappa shape index (κ2) is 11.0. The highest BCUT2D eigenvalue weighted by Gasteiger charge is 2.30. The summed E-state index contributed by atoms with van der Waals surface area (Å²) in [6, 6.07) is 12.9. The van der Waals surface area contributed by atoms with E-state index in [9.17, 15) is 18.0 Å². The van der Waals surface area contributed by atoms with Crippen molar-refractivity contribution >= 4 is 55.1 Å². The second-order valence-electron chi connectivity index (χ2n) is 6.90. The molecule has 2 aromatic rings. The summed E-state index contributed by atoms with van der Waals surface area (Å²) < 4.78 is 26.5. The van der Waals surface area contributed by atoms with Crippen molar-refractivity contribution in [1.29, 1.82) is 0 Å². The Kier molecular flexibility index (Phi) is 8.90. The van der Waals surface area contributed by atoms with Gasteiger partial charge >= 0.3 is 0 Å². The molecule has 1 N–H and O–H groups in total. The lowest BCUT2D eigenvalue weighted by molar-refractivity contribution is -0.139. The average Bonchev–Trinajstić information content (AvgIpc) is 2.71. The Labute approximate surface area is 196 Å². The SMILES string of the molecule is CCNC(=O)[C@H](C)N(Cc1ccccc1Cl)C(=O)CN(c1ccccc1Br)S(C)(=O)=O. The van der Waals surface area contributed by atoms with Crippen LogP contribution in [-0.4, -0.2) is 50.5 Å². The van der Waals surface area contributed by atoms with Crippen molar-refractivity contribution in [3.05, 3.63) is 63.6 Å². The fraction of sp³-hybridized carbons (Fsp3) is 0.333. The minimum atomic E-state index is -3.78. The van der Waals surface area contributed by atoms with E-state index in [1.807, 2.05) is 0 Å². The molecule has 168 valence electrons. The number of benzene rings is 2. The number of halogens is 2. The van der Waals surface area contributed by atoms with Crippen molar-refractivity contribution in [3.63, 3.8) is 0 Å². The van der Waals surface area contributed by atoms with Crippen LogP contribution in [0.1, 0.15) is 19.4 Å².